The van der Waals surface area contributed by atoms with Gasteiger partial charge in [0, 0.05) is 11.4 Å². The van der Waals surface area contributed by atoms with E-state index in [9.17, 15) is 0 Å². The molecule has 0 aliphatic carbocycles. The minimum Gasteiger partial charge on any atom is -0.338 e. The molecule has 0 saturated heterocycles. The van der Waals surface area contributed by atoms with Gasteiger partial charge in [-0.3, -0.25) is 0 Å². The Hall–Kier alpha value is -2.05. The van der Waals surface area contributed by atoms with Gasteiger partial charge in [-0.1, -0.05) is 37.7 Å². The van der Waals surface area contributed by atoms with Crippen molar-refractivity contribution in [1.82, 2.24) is 15.0 Å². The maximum Gasteiger partial charge on any atom is 0.229 e. The number of para-hydroxylation sites is 1. The van der Waals surface area contributed by atoms with Crippen molar-refractivity contribution in [3.05, 3.63) is 57.6 Å². The second-order valence-electron chi connectivity index (χ2n) is 6.28. The fourth-order valence-electron chi connectivity index (χ4n) is 2.76. The minimum absolute atomic E-state index is 0.260. The van der Waals surface area contributed by atoms with Crippen LogP contribution in [0.4, 0.5) is 23.1 Å². The van der Waals surface area contributed by atoms with E-state index < -0.39 is 0 Å². The predicted molar refractivity (Wildman–Crippen MR) is 125 cm³/mol. The lowest BCUT2D eigenvalue weighted by Crippen LogP contribution is -2.09. The van der Waals surface area contributed by atoms with Gasteiger partial charge in [0.2, 0.25) is 5.95 Å². The smallest absolute Gasteiger partial charge is 0.229 e. The Labute approximate surface area is 178 Å². The first-order chi connectivity index (χ1) is 13.5. The normalized spacial score (nSPS) is 11.1. The van der Waals surface area contributed by atoms with Crippen LogP contribution in [0.1, 0.15) is 0 Å². The molecule has 28 heavy (non-hydrogen) atoms. The highest BCUT2D eigenvalue weighted by Crippen LogP contribution is 2.31. The summed E-state index contributed by atoms with van der Waals surface area (Å²) in [7, 11) is -0.260. The molecular formula is C19H17ClN5PS2. The van der Waals surface area contributed by atoms with Crippen molar-refractivity contribution < 1.29 is 0 Å². The number of anilines is 4. The van der Waals surface area contributed by atoms with Gasteiger partial charge in [-0.15, -0.1) is 11.3 Å². The third-order valence-corrected chi connectivity index (χ3v) is 6.89. The van der Waals surface area contributed by atoms with Crippen LogP contribution in [0.15, 0.2) is 48.7 Å². The zero-order valence-corrected chi connectivity index (χ0v) is 18.4. The molecule has 3 N–H and O–H groups in total. The summed E-state index contributed by atoms with van der Waals surface area (Å²) in [5.74, 6) is 1.04. The van der Waals surface area contributed by atoms with E-state index in [2.05, 4.69) is 45.0 Å². The summed E-state index contributed by atoms with van der Waals surface area (Å²) in [5.41, 5.74) is 2.92. The Morgan fingerprint density at radius 2 is 1.96 bits per heavy atom. The molecule has 9 heteroatoms. The number of thiazole rings is 1. The fraction of sp³-hybridized carbons (Fsp3) is 0.105. The van der Waals surface area contributed by atoms with Gasteiger partial charge in [0.25, 0.3) is 0 Å². The van der Waals surface area contributed by atoms with Crippen LogP contribution in [0, 0.1) is 3.95 Å². The second kappa shape index (κ2) is 8.13. The quantitative estimate of drug-likeness (QED) is 0.250. The number of nitrogens with one attached hydrogen (secondary N) is 3. The number of rotatable bonds is 5. The van der Waals surface area contributed by atoms with Gasteiger partial charge in [-0.2, -0.15) is 4.98 Å². The Morgan fingerprint density at radius 3 is 2.79 bits per heavy atom. The first-order valence-corrected chi connectivity index (χ1v) is 12.3. The van der Waals surface area contributed by atoms with Crippen LogP contribution < -0.4 is 15.9 Å². The van der Waals surface area contributed by atoms with Gasteiger partial charge >= 0.3 is 0 Å². The molecule has 0 saturated carbocycles. The summed E-state index contributed by atoms with van der Waals surface area (Å²) in [6.07, 6.45) is 1.60. The largest absolute Gasteiger partial charge is 0.338 e. The number of hydrogen-bond acceptors (Lipinski definition) is 6. The summed E-state index contributed by atoms with van der Waals surface area (Å²) in [6, 6.07) is 14.2. The molecule has 2 aromatic carbocycles. The average Bonchev–Trinajstić information content (AvgIpc) is 3.04. The Kier molecular flexibility index (Phi) is 5.60. The number of hydrogen-bond donors (Lipinski definition) is 3. The summed E-state index contributed by atoms with van der Waals surface area (Å²) in [5, 5.41) is 8.33. The maximum absolute atomic E-state index is 6.34. The second-order valence-corrected chi connectivity index (χ2v) is 10.7. The first kappa shape index (κ1) is 19.3. The number of fused-ring (bicyclic) bond motifs is 1. The van der Waals surface area contributed by atoms with Crippen molar-refractivity contribution in [2.45, 2.75) is 0 Å². The van der Waals surface area contributed by atoms with Crippen LogP contribution in [-0.4, -0.2) is 28.3 Å². The summed E-state index contributed by atoms with van der Waals surface area (Å²) in [6.45, 7) is 4.44. The summed E-state index contributed by atoms with van der Waals surface area (Å²) >= 11 is 13.1. The van der Waals surface area contributed by atoms with Gasteiger partial charge < -0.3 is 15.6 Å². The van der Waals surface area contributed by atoms with E-state index in [4.69, 9.17) is 23.8 Å². The lowest BCUT2D eigenvalue weighted by molar-refractivity contribution is 1.17. The van der Waals surface area contributed by atoms with E-state index in [1.54, 1.807) is 6.20 Å². The molecule has 0 radical (unpaired) electrons. The monoisotopic (exact) mass is 445 g/mol. The van der Waals surface area contributed by atoms with Crippen molar-refractivity contribution in [1.29, 1.82) is 0 Å². The zero-order chi connectivity index (χ0) is 19.7. The molecule has 2 heterocycles. The molecule has 0 spiro atoms. The summed E-state index contributed by atoms with van der Waals surface area (Å²) in [4.78, 5) is 12.0. The molecule has 0 amide bonds. The third kappa shape index (κ3) is 4.18. The molecule has 5 nitrogen and oxygen atoms in total. The number of aromatic amines is 1. The van der Waals surface area contributed by atoms with Gasteiger partial charge in [0.05, 0.1) is 16.4 Å². The molecule has 0 aliphatic rings. The van der Waals surface area contributed by atoms with Crippen LogP contribution in [0.3, 0.4) is 0 Å². The lowest BCUT2D eigenvalue weighted by atomic mass is 10.3. The molecule has 0 fully saturated rings. The molecule has 0 atom stereocenters. The van der Waals surface area contributed by atoms with E-state index >= 15 is 0 Å². The number of aromatic nitrogens is 3. The van der Waals surface area contributed by atoms with Crippen LogP contribution in [-0.2, 0) is 0 Å². The van der Waals surface area contributed by atoms with Crippen molar-refractivity contribution in [3.8, 4) is 0 Å². The fourth-order valence-corrected chi connectivity index (χ4v) is 5.05. The molecule has 4 aromatic rings. The molecule has 142 valence electrons. The Balaban J connectivity index is 1.62. The third-order valence-electron chi connectivity index (χ3n) is 4.06. The zero-order valence-electron chi connectivity index (χ0n) is 15.2. The molecule has 0 aliphatic heterocycles. The van der Waals surface area contributed by atoms with Crippen molar-refractivity contribution in [2.24, 2.45) is 0 Å². The van der Waals surface area contributed by atoms with Gasteiger partial charge in [-0.05, 0) is 55.1 Å². The number of halogens is 1. The standard InChI is InChI=1S/C19H17ClN5PS2/c1-26(2)15-6-4-3-5-13(15)23-17-12(20)10-21-18(25-17)22-11-7-8-14-16(9-11)28-19(27)24-14/h3-10H,1-2H3,(H,24,27)(H2,21,22,23,25). The first-order valence-electron chi connectivity index (χ1n) is 8.45. The minimum atomic E-state index is -0.260. The van der Waals surface area contributed by atoms with Crippen molar-refractivity contribution in [2.75, 3.05) is 24.0 Å². The number of nitrogens with zero attached hydrogens (tertiary/aromatic N) is 2. The Morgan fingerprint density at radius 1 is 1.14 bits per heavy atom. The average molecular weight is 446 g/mol. The highest BCUT2D eigenvalue weighted by Gasteiger charge is 2.11. The molecule has 0 unspecified atom stereocenters. The van der Waals surface area contributed by atoms with Gasteiger partial charge in [-0.25, -0.2) is 4.98 Å². The molecule has 2 aromatic heterocycles. The van der Waals surface area contributed by atoms with Crippen LogP contribution >= 0.6 is 43.1 Å². The topological polar surface area (TPSA) is 65.6 Å². The maximum atomic E-state index is 6.34. The van der Waals surface area contributed by atoms with Crippen molar-refractivity contribution in [3.63, 3.8) is 0 Å². The predicted octanol–water partition coefficient (Wildman–Crippen LogP) is 6.26. The van der Waals surface area contributed by atoms with E-state index in [1.165, 1.54) is 16.6 Å². The highest BCUT2D eigenvalue weighted by molar-refractivity contribution is 7.73. The van der Waals surface area contributed by atoms with E-state index in [0.717, 1.165) is 25.5 Å². The number of H-pyrrole nitrogens is 1. The van der Waals surface area contributed by atoms with E-state index in [1.807, 2.05) is 36.4 Å². The Bertz CT molecular complexity index is 1200. The van der Waals surface area contributed by atoms with E-state index in [0.29, 0.717) is 16.8 Å². The summed E-state index contributed by atoms with van der Waals surface area (Å²) < 4.78 is 1.84. The molecule has 4 rings (SSSR count). The van der Waals surface area contributed by atoms with Gasteiger partial charge in [0.1, 0.15) is 5.02 Å². The lowest BCUT2D eigenvalue weighted by Gasteiger charge is -2.15. The molecular weight excluding hydrogens is 429 g/mol. The van der Waals surface area contributed by atoms with Crippen LogP contribution in [0.25, 0.3) is 10.2 Å². The number of benzene rings is 2. The van der Waals surface area contributed by atoms with Crippen LogP contribution in [0.5, 0.6) is 0 Å². The van der Waals surface area contributed by atoms with Crippen molar-refractivity contribution >= 4 is 81.7 Å². The van der Waals surface area contributed by atoms with Gasteiger partial charge in [0.15, 0.2) is 9.77 Å². The van der Waals surface area contributed by atoms with Crippen LogP contribution in [0.2, 0.25) is 5.02 Å². The SMILES string of the molecule is CP(C)c1ccccc1Nc1nc(Nc2ccc3[nH]c(=S)sc3c2)ncc1Cl. The van der Waals surface area contributed by atoms with E-state index in [-0.39, 0.29) is 7.92 Å². The highest BCUT2D eigenvalue weighted by atomic mass is 35.5. The molecule has 0 bridgehead atoms.